The number of aromatic nitrogens is 2. The molecule has 0 aliphatic rings. The Labute approximate surface area is 149 Å². The van der Waals surface area contributed by atoms with Crippen LogP contribution >= 0.6 is 23.1 Å². The van der Waals surface area contributed by atoms with Crippen LogP contribution in [0.4, 0.5) is 0 Å². The standard InChI is InChI=1S/C16H22N2O4S2/c1-4-6-21-7-8-22-13(19)10-18-15(20)12-9-11(5-2)24-14(12)17-16(18)23-3/h9H,4-8,10H2,1-3H3. The van der Waals surface area contributed by atoms with Gasteiger partial charge < -0.3 is 9.47 Å². The second-order valence-corrected chi connectivity index (χ2v) is 7.00. The molecule has 0 N–H and O–H groups in total. The Hall–Kier alpha value is -1.38. The molecule has 2 heterocycles. The summed E-state index contributed by atoms with van der Waals surface area (Å²) in [5, 5.41) is 1.09. The number of ether oxygens (including phenoxy) is 2. The van der Waals surface area contributed by atoms with Crippen molar-refractivity contribution in [3.05, 3.63) is 21.3 Å². The molecular formula is C16H22N2O4S2. The predicted octanol–water partition coefficient (Wildman–Crippen LogP) is 2.71. The molecule has 0 amide bonds. The lowest BCUT2D eigenvalue weighted by Gasteiger charge is -2.10. The van der Waals surface area contributed by atoms with Crippen molar-refractivity contribution in [1.29, 1.82) is 0 Å². The van der Waals surface area contributed by atoms with E-state index in [4.69, 9.17) is 9.47 Å². The number of carbonyl (C=O) groups is 1. The maximum absolute atomic E-state index is 12.7. The Kier molecular flexibility index (Phi) is 7.26. The zero-order valence-corrected chi connectivity index (χ0v) is 15.8. The van der Waals surface area contributed by atoms with Crippen LogP contribution in [0, 0.1) is 0 Å². The van der Waals surface area contributed by atoms with Gasteiger partial charge in [0.05, 0.1) is 12.0 Å². The first kappa shape index (κ1) is 19.0. The summed E-state index contributed by atoms with van der Waals surface area (Å²) in [5.74, 6) is -0.459. The Morgan fingerprint density at radius 2 is 2.12 bits per heavy atom. The minimum absolute atomic E-state index is 0.136. The normalized spacial score (nSPS) is 11.1. The number of thioether (sulfide) groups is 1. The largest absolute Gasteiger partial charge is 0.462 e. The smallest absolute Gasteiger partial charge is 0.326 e. The van der Waals surface area contributed by atoms with Gasteiger partial charge in [-0.3, -0.25) is 14.2 Å². The molecule has 0 radical (unpaired) electrons. The van der Waals surface area contributed by atoms with Gasteiger partial charge in [0.1, 0.15) is 18.0 Å². The van der Waals surface area contributed by atoms with E-state index >= 15 is 0 Å². The molecular weight excluding hydrogens is 348 g/mol. The minimum Gasteiger partial charge on any atom is -0.462 e. The fourth-order valence-electron chi connectivity index (χ4n) is 2.15. The van der Waals surface area contributed by atoms with Gasteiger partial charge >= 0.3 is 5.97 Å². The number of hydrogen-bond acceptors (Lipinski definition) is 7. The molecule has 2 aromatic heterocycles. The summed E-state index contributed by atoms with van der Waals surface area (Å²) in [4.78, 5) is 31.0. The molecule has 0 aromatic carbocycles. The second-order valence-electron chi connectivity index (χ2n) is 5.11. The number of aryl methyl sites for hydroxylation is 1. The van der Waals surface area contributed by atoms with Gasteiger partial charge in [0.2, 0.25) is 0 Å². The van der Waals surface area contributed by atoms with E-state index in [9.17, 15) is 9.59 Å². The van der Waals surface area contributed by atoms with Crippen LogP contribution in [-0.4, -0.2) is 41.6 Å². The van der Waals surface area contributed by atoms with Gasteiger partial charge in [0.15, 0.2) is 5.16 Å². The first-order valence-corrected chi connectivity index (χ1v) is 9.95. The van der Waals surface area contributed by atoms with E-state index in [1.165, 1.54) is 27.7 Å². The van der Waals surface area contributed by atoms with Gasteiger partial charge in [-0.15, -0.1) is 11.3 Å². The molecule has 132 valence electrons. The number of nitrogens with zero attached hydrogens (tertiary/aromatic N) is 2. The highest BCUT2D eigenvalue weighted by Gasteiger charge is 2.16. The van der Waals surface area contributed by atoms with Crippen LogP contribution in [0.15, 0.2) is 16.0 Å². The third-order valence-electron chi connectivity index (χ3n) is 3.32. The molecule has 0 aliphatic heterocycles. The van der Waals surface area contributed by atoms with Crippen molar-refractivity contribution in [3.63, 3.8) is 0 Å². The number of thiophene rings is 1. The molecule has 0 saturated heterocycles. The van der Waals surface area contributed by atoms with E-state index in [-0.39, 0.29) is 18.7 Å². The molecule has 0 atom stereocenters. The maximum atomic E-state index is 12.7. The second kappa shape index (κ2) is 9.19. The van der Waals surface area contributed by atoms with E-state index in [1.54, 1.807) is 0 Å². The van der Waals surface area contributed by atoms with Crippen molar-refractivity contribution in [2.45, 2.75) is 38.4 Å². The number of hydrogen-bond donors (Lipinski definition) is 0. The molecule has 2 aromatic rings. The van der Waals surface area contributed by atoms with Crippen LogP contribution < -0.4 is 5.56 Å². The number of fused-ring (bicyclic) bond motifs is 1. The number of esters is 1. The maximum Gasteiger partial charge on any atom is 0.326 e. The number of carbonyl (C=O) groups excluding carboxylic acids is 1. The molecule has 2 rings (SSSR count). The van der Waals surface area contributed by atoms with E-state index in [0.29, 0.717) is 23.8 Å². The van der Waals surface area contributed by atoms with E-state index in [2.05, 4.69) is 4.98 Å². The number of rotatable bonds is 9. The molecule has 24 heavy (non-hydrogen) atoms. The van der Waals surface area contributed by atoms with Crippen molar-refractivity contribution in [3.8, 4) is 0 Å². The van der Waals surface area contributed by atoms with E-state index < -0.39 is 5.97 Å². The molecule has 0 bridgehead atoms. The lowest BCUT2D eigenvalue weighted by Crippen LogP contribution is -2.28. The van der Waals surface area contributed by atoms with Gasteiger partial charge in [0.25, 0.3) is 5.56 Å². The Balaban J connectivity index is 2.13. The summed E-state index contributed by atoms with van der Waals surface area (Å²) in [5.41, 5.74) is -0.195. The minimum atomic E-state index is -0.459. The zero-order chi connectivity index (χ0) is 17.5. The molecule has 0 spiro atoms. The van der Waals surface area contributed by atoms with E-state index in [0.717, 1.165) is 22.5 Å². The predicted molar refractivity (Wildman–Crippen MR) is 97.1 cm³/mol. The summed E-state index contributed by atoms with van der Waals surface area (Å²) >= 11 is 2.86. The van der Waals surface area contributed by atoms with Crippen LogP contribution in [0.5, 0.6) is 0 Å². The average Bonchev–Trinajstić information content (AvgIpc) is 3.00. The van der Waals surface area contributed by atoms with Crippen molar-refractivity contribution in [2.24, 2.45) is 0 Å². The van der Waals surface area contributed by atoms with E-state index in [1.807, 2.05) is 26.2 Å². The molecule has 0 saturated carbocycles. The summed E-state index contributed by atoms with van der Waals surface area (Å²) in [6, 6.07) is 1.86. The third kappa shape index (κ3) is 4.58. The van der Waals surface area contributed by atoms with Gasteiger partial charge in [-0.05, 0) is 25.2 Å². The van der Waals surface area contributed by atoms with Crippen LogP contribution in [0.2, 0.25) is 0 Å². The lowest BCUT2D eigenvalue weighted by molar-refractivity contribution is -0.146. The van der Waals surface area contributed by atoms with Crippen LogP contribution in [0.25, 0.3) is 10.2 Å². The van der Waals surface area contributed by atoms with Crippen LogP contribution in [-0.2, 0) is 27.2 Å². The summed E-state index contributed by atoms with van der Waals surface area (Å²) in [6.45, 7) is 5.12. The van der Waals surface area contributed by atoms with Crippen molar-refractivity contribution < 1.29 is 14.3 Å². The Morgan fingerprint density at radius 3 is 2.79 bits per heavy atom. The van der Waals surface area contributed by atoms with Gasteiger partial charge in [-0.1, -0.05) is 25.6 Å². The fraction of sp³-hybridized carbons (Fsp3) is 0.562. The molecule has 0 unspecified atom stereocenters. The van der Waals surface area contributed by atoms with Crippen molar-refractivity contribution >= 4 is 39.3 Å². The SMILES string of the molecule is CCCOCCOC(=O)Cn1c(SC)nc2sc(CC)cc2c1=O. The zero-order valence-electron chi connectivity index (χ0n) is 14.2. The van der Waals surface area contributed by atoms with Crippen molar-refractivity contribution in [2.75, 3.05) is 26.1 Å². The highest BCUT2D eigenvalue weighted by atomic mass is 32.2. The van der Waals surface area contributed by atoms with Crippen LogP contribution in [0.1, 0.15) is 25.1 Å². The summed E-state index contributed by atoms with van der Waals surface area (Å²) in [6.07, 6.45) is 3.61. The van der Waals surface area contributed by atoms with Crippen LogP contribution in [0.3, 0.4) is 0 Å². The lowest BCUT2D eigenvalue weighted by atomic mass is 10.3. The molecule has 8 heteroatoms. The molecule has 0 aliphatic carbocycles. The quantitative estimate of drug-likeness (QED) is 0.293. The van der Waals surface area contributed by atoms with Gasteiger partial charge in [0, 0.05) is 11.5 Å². The van der Waals surface area contributed by atoms with Crippen molar-refractivity contribution in [1.82, 2.24) is 9.55 Å². The topological polar surface area (TPSA) is 70.4 Å². The summed E-state index contributed by atoms with van der Waals surface area (Å²) < 4.78 is 11.8. The van der Waals surface area contributed by atoms with Gasteiger partial charge in [-0.25, -0.2) is 4.98 Å². The first-order chi connectivity index (χ1) is 11.6. The summed E-state index contributed by atoms with van der Waals surface area (Å²) in [7, 11) is 0. The Morgan fingerprint density at radius 1 is 1.33 bits per heavy atom. The molecule has 0 fully saturated rings. The fourth-order valence-corrected chi connectivity index (χ4v) is 3.72. The highest BCUT2D eigenvalue weighted by Crippen LogP contribution is 2.24. The third-order valence-corrected chi connectivity index (χ3v) is 5.17. The Bertz CT molecular complexity index is 754. The highest BCUT2D eigenvalue weighted by molar-refractivity contribution is 7.98. The molecule has 6 nitrogen and oxygen atoms in total. The monoisotopic (exact) mass is 370 g/mol. The average molecular weight is 370 g/mol. The van der Waals surface area contributed by atoms with Gasteiger partial charge in [-0.2, -0.15) is 0 Å². The first-order valence-electron chi connectivity index (χ1n) is 7.91.